The molecule has 1 rings (SSSR count). The monoisotopic (exact) mass is 361 g/mol. The van der Waals surface area contributed by atoms with Crippen molar-refractivity contribution in [1.29, 1.82) is 0 Å². The predicted octanol–water partition coefficient (Wildman–Crippen LogP) is 4.34. The van der Waals surface area contributed by atoms with E-state index in [-0.39, 0.29) is 18.2 Å². The van der Waals surface area contributed by atoms with Gasteiger partial charge in [0, 0.05) is 6.07 Å². The first-order valence-electron chi connectivity index (χ1n) is 5.23. The molecule has 3 nitrogen and oxygen atoms in total. The predicted molar refractivity (Wildman–Crippen MR) is 54.1 cm³/mol. The maximum Gasteiger partial charge on any atom is 0.499 e. The van der Waals surface area contributed by atoms with Crippen LogP contribution in [0.4, 0.5) is 49.6 Å². The van der Waals surface area contributed by atoms with Crippen LogP contribution in [0.15, 0.2) is 18.2 Å². The van der Waals surface area contributed by atoms with Crippen molar-refractivity contribution in [2.24, 2.45) is 0 Å². The lowest BCUT2D eigenvalue weighted by Crippen LogP contribution is -2.42. The molecular formula is C10H5F10NO2. The van der Waals surface area contributed by atoms with Crippen LogP contribution in [0, 0.1) is 0 Å². The molecule has 0 atom stereocenters. The molecule has 0 heterocycles. The van der Waals surface area contributed by atoms with Gasteiger partial charge in [0.05, 0.1) is 5.69 Å². The van der Waals surface area contributed by atoms with Gasteiger partial charge in [0.25, 0.3) is 0 Å². The van der Waals surface area contributed by atoms with Crippen molar-refractivity contribution in [2.45, 2.75) is 24.6 Å². The highest BCUT2D eigenvalue weighted by Crippen LogP contribution is 2.41. The first-order valence-corrected chi connectivity index (χ1v) is 5.23. The molecule has 1 aromatic rings. The fraction of sp³-hybridized carbons (Fsp3) is 0.400. The molecular weight excluding hydrogens is 356 g/mol. The van der Waals surface area contributed by atoms with Gasteiger partial charge in [-0.2, -0.15) is 43.9 Å². The third-order valence-electron chi connectivity index (χ3n) is 2.13. The SMILES string of the molecule is Nc1cc(OC(F)(F)C(F)(F)F)ccc1OC(F)(F)C(F)(F)F. The quantitative estimate of drug-likeness (QED) is 0.641. The standard InChI is InChI=1S/C10H5F10NO2/c11-7(12,13)9(17,18)22-4-1-2-6(5(21)3-4)23-10(19,20)8(14,15)16/h1-3H,21H2. The molecule has 0 radical (unpaired) electrons. The van der Waals surface area contributed by atoms with E-state index in [1.54, 1.807) is 0 Å². The van der Waals surface area contributed by atoms with Crippen LogP contribution in [-0.2, 0) is 0 Å². The van der Waals surface area contributed by atoms with Gasteiger partial charge in [0.1, 0.15) is 11.5 Å². The minimum Gasteiger partial charge on any atom is -0.426 e. The van der Waals surface area contributed by atoms with E-state index in [9.17, 15) is 43.9 Å². The van der Waals surface area contributed by atoms with Gasteiger partial charge >= 0.3 is 24.6 Å². The van der Waals surface area contributed by atoms with Gasteiger partial charge < -0.3 is 15.2 Å². The van der Waals surface area contributed by atoms with Gasteiger partial charge in [0.2, 0.25) is 0 Å². The fourth-order valence-corrected chi connectivity index (χ4v) is 1.08. The first kappa shape index (κ1) is 19.0. The topological polar surface area (TPSA) is 44.5 Å². The molecule has 23 heavy (non-hydrogen) atoms. The molecule has 0 fully saturated rings. The number of nitrogen functional groups attached to an aromatic ring is 1. The Morgan fingerprint density at radius 3 is 1.52 bits per heavy atom. The molecule has 13 heteroatoms. The van der Waals surface area contributed by atoms with E-state index in [1.807, 2.05) is 0 Å². The highest BCUT2D eigenvalue weighted by molar-refractivity contribution is 5.56. The Morgan fingerprint density at radius 1 is 0.696 bits per heavy atom. The van der Waals surface area contributed by atoms with Gasteiger partial charge in [0.15, 0.2) is 0 Å². The summed E-state index contributed by atoms with van der Waals surface area (Å²) < 4.78 is 128. The van der Waals surface area contributed by atoms with E-state index in [0.717, 1.165) is 0 Å². The molecule has 0 saturated heterocycles. The minimum atomic E-state index is -6.10. The highest BCUT2D eigenvalue weighted by Gasteiger charge is 2.62. The number of hydrogen-bond donors (Lipinski definition) is 1. The van der Waals surface area contributed by atoms with Gasteiger partial charge in [-0.1, -0.05) is 0 Å². The third-order valence-corrected chi connectivity index (χ3v) is 2.13. The summed E-state index contributed by atoms with van der Waals surface area (Å²) in [6.07, 6.45) is -23.5. The van der Waals surface area contributed by atoms with Crippen LogP contribution in [0.1, 0.15) is 0 Å². The van der Waals surface area contributed by atoms with Gasteiger partial charge in [-0.25, -0.2) is 0 Å². The summed E-state index contributed by atoms with van der Waals surface area (Å²) in [7, 11) is 0. The summed E-state index contributed by atoms with van der Waals surface area (Å²) in [4.78, 5) is 0. The average molecular weight is 361 g/mol. The molecule has 0 unspecified atom stereocenters. The number of ether oxygens (including phenoxy) is 2. The van der Waals surface area contributed by atoms with Crippen molar-refractivity contribution < 1.29 is 53.4 Å². The maximum absolute atomic E-state index is 12.6. The molecule has 2 N–H and O–H groups in total. The summed E-state index contributed by atoms with van der Waals surface area (Å²) in [6.45, 7) is 0. The molecule has 0 spiro atoms. The van der Waals surface area contributed by atoms with E-state index in [4.69, 9.17) is 5.73 Å². The van der Waals surface area contributed by atoms with Crippen molar-refractivity contribution in [3.63, 3.8) is 0 Å². The largest absolute Gasteiger partial charge is 0.499 e. The molecule has 0 amide bonds. The maximum atomic E-state index is 12.6. The smallest absolute Gasteiger partial charge is 0.426 e. The Hall–Kier alpha value is -2.08. The van der Waals surface area contributed by atoms with E-state index in [0.29, 0.717) is 0 Å². The van der Waals surface area contributed by atoms with E-state index in [1.165, 1.54) is 0 Å². The van der Waals surface area contributed by atoms with E-state index < -0.39 is 41.8 Å². The van der Waals surface area contributed by atoms with Gasteiger partial charge in [-0.05, 0) is 12.1 Å². The normalized spacial score (nSPS) is 13.8. The Bertz CT molecular complexity index is 566. The number of alkyl halides is 10. The Labute approximate surface area is 120 Å². The van der Waals surface area contributed by atoms with E-state index >= 15 is 0 Å². The number of anilines is 1. The minimum absolute atomic E-state index is 0.168. The van der Waals surface area contributed by atoms with Crippen LogP contribution >= 0.6 is 0 Å². The zero-order chi connectivity index (χ0) is 18.3. The van der Waals surface area contributed by atoms with Crippen LogP contribution in [0.25, 0.3) is 0 Å². The summed E-state index contributed by atoms with van der Waals surface area (Å²) >= 11 is 0. The Kier molecular flexibility index (Phi) is 4.56. The van der Waals surface area contributed by atoms with E-state index in [2.05, 4.69) is 9.47 Å². The lowest BCUT2D eigenvalue weighted by atomic mass is 10.3. The summed E-state index contributed by atoms with van der Waals surface area (Å²) in [5, 5.41) is 0. The molecule has 0 saturated carbocycles. The average Bonchev–Trinajstić information content (AvgIpc) is 2.29. The molecule has 0 aliphatic heterocycles. The lowest BCUT2D eigenvalue weighted by molar-refractivity contribution is -0.361. The molecule has 0 aliphatic carbocycles. The second-order valence-corrected chi connectivity index (χ2v) is 3.93. The van der Waals surface area contributed by atoms with Crippen LogP contribution in [-0.4, -0.2) is 24.6 Å². The summed E-state index contributed by atoms with van der Waals surface area (Å²) in [5.41, 5.74) is 3.89. The lowest BCUT2D eigenvalue weighted by Gasteiger charge is -2.22. The molecule has 1 aromatic carbocycles. The van der Waals surface area contributed by atoms with Crippen LogP contribution in [0.5, 0.6) is 11.5 Å². The molecule has 132 valence electrons. The Morgan fingerprint density at radius 2 is 1.13 bits per heavy atom. The van der Waals surface area contributed by atoms with Gasteiger partial charge in [-0.15, -0.1) is 0 Å². The van der Waals surface area contributed by atoms with Crippen LogP contribution in [0.3, 0.4) is 0 Å². The fourth-order valence-electron chi connectivity index (χ4n) is 1.08. The Balaban J connectivity index is 3.00. The number of rotatable bonds is 4. The second kappa shape index (κ2) is 5.53. The van der Waals surface area contributed by atoms with Crippen LogP contribution < -0.4 is 15.2 Å². The zero-order valence-corrected chi connectivity index (χ0v) is 10.4. The van der Waals surface area contributed by atoms with Crippen molar-refractivity contribution in [1.82, 2.24) is 0 Å². The second-order valence-electron chi connectivity index (χ2n) is 3.93. The number of benzene rings is 1. The van der Waals surface area contributed by atoms with Crippen molar-refractivity contribution in [2.75, 3.05) is 5.73 Å². The molecule has 0 aliphatic rings. The summed E-state index contributed by atoms with van der Waals surface area (Å²) in [6, 6.07) is 0.635. The molecule has 0 bridgehead atoms. The number of hydrogen-bond acceptors (Lipinski definition) is 3. The summed E-state index contributed by atoms with van der Waals surface area (Å²) in [5.74, 6) is -2.53. The highest BCUT2D eigenvalue weighted by atomic mass is 19.4. The third kappa shape index (κ3) is 4.22. The van der Waals surface area contributed by atoms with Crippen molar-refractivity contribution >= 4 is 5.69 Å². The number of nitrogens with two attached hydrogens (primary N) is 1. The molecule has 0 aromatic heterocycles. The number of halogens is 10. The zero-order valence-electron chi connectivity index (χ0n) is 10.4. The van der Waals surface area contributed by atoms with Crippen molar-refractivity contribution in [3.05, 3.63) is 18.2 Å². The van der Waals surface area contributed by atoms with Crippen molar-refractivity contribution in [3.8, 4) is 11.5 Å². The van der Waals surface area contributed by atoms with Gasteiger partial charge in [-0.3, -0.25) is 0 Å². The van der Waals surface area contributed by atoms with Crippen LogP contribution in [0.2, 0.25) is 0 Å². The first-order chi connectivity index (χ1) is 10.1.